The molecule has 86 valence electrons. The van der Waals surface area contributed by atoms with Crippen molar-refractivity contribution in [2.24, 2.45) is 5.92 Å². The summed E-state index contributed by atoms with van der Waals surface area (Å²) in [5.74, 6) is 0.911. The van der Waals surface area contributed by atoms with Crippen molar-refractivity contribution in [3.05, 3.63) is 29.3 Å². The number of nitrogens with zero attached hydrogens (tertiary/aromatic N) is 1. The Morgan fingerprint density at radius 2 is 2.12 bits per heavy atom. The number of aromatic hydroxyl groups is 1. The molecule has 0 aliphatic heterocycles. The normalized spacial score (nSPS) is 14.9. The van der Waals surface area contributed by atoms with Gasteiger partial charge in [0.25, 0.3) is 5.91 Å². The van der Waals surface area contributed by atoms with E-state index in [1.54, 1.807) is 26.2 Å². The third kappa shape index (κ3) is 2.35. The summed E-state index contributed by atoms with van der Waals surface area (Å²) in [6, 6.07) is 5.23. The van der Waals surface area contributed by atoms with E-state index in [9.17, 15) is 9.90 Å². The Labute approximate surface area is 95.7 Å². The molecule has 0 heterocycles. The van der Waals surface area contributed by atoms with E-state index in [-0.39, 0.29) is 11.7 Å². The maximum Gasteiger partial charge on any atom is 0.253 e. The van der Waals surface area contributed by atoms with Crippen LogP contribution in [0.15, 0.2) is 18.2 Å². The highest BCUT2D eigenvalue weighted by Gasteiger charge is 2.23. The lowest BCUT2D eigenvalue weighted by atomic mass is 10.0. The number of carbonyl (C=O) groups is 1. The molecule has 3 nitrogen and oxygen atoms in total. The van der Waals surface area contributed by atoms with Crippen LogP contribution in [0.25, 0.3) is 0 Å². The standard InChI is InChI=1S/C13H17NO2/c1-14(2)13(16)11-6-5-10(12(15)8-11)7-9-3-4-9/h5-6,8-9,15H,3-4,7H2,1-2H3. The fraction of sp³-hybridized carbons (Fsp3) is 0.462. The van der Waals surface area contributed by atoms with E-state index >= 15 is 0 Å². The van der Waals surface area contributed by atoms with E-state index in [0.717, 1.165) is 17.9 Å². The van der Waals surface area contributed by atoms with Crippen LogP contribution < -0.4 is 0 Å². The molecule has 2 rings (SSSR count). The number of rotatable bonds is 3. The van der Waals surface area contributed by atoms with Crippen LogP contribution in [0, 0.1) is 5.92 Å². The number of phenols is 1. The van der Waals surface area contributed by atoms with Crippen molar-refractivity contribution in [1.29, 1.82) is 0 Å². The highest BCUT2D eigenvalue weighted by molar-refractivity contribution is 5.94. The summed E-state index contributed by atoms with van der Waals surface area (Å²) in [5, 5.41) is 9.83. The minimum absolute atomic E-state index is 0.0757. The maximum atomic E-state index is 11.7. The molecular formula is C13H17NO2. The van der Waals surface area contributed by atoms with Gasteiger partial charge in [-0.15, -0.1) is 0 Å². The predicted octanol–water partition coefficient (Wildman–Crippen LogP) is 2.05. The molecule has 0 radical (unpaired) electrons. The number of phenolic OH excluding ortho intramolecular Hbond substituents is 1. The van der Waals surface area contributed by atoms with Crippen molar-refractivity contribution < 1.29 is 9.90 Å². The van der Waals surface area contributed by atoms with Crippen molar-refractivity contribution in [2.75, 3.05) is 14.1 Å². The molecule has 1 aliphatic carbocycles. The Morgan fingerprint density at radius 3 is 2.62 bits per heavy atom. The zero-order valence-electron chi connectivity index (χ0n) is 9.73. The van der Waals surface area contributed by atoms with Gasteiger partial charge in [0.1, 0.15) is 5.75 Å². The zero-order chi connectivity index (χ0) is 11.7. The summed E-state index contributed by atoms with van der Waals surface area (Å²) in [4.78, 5) is 13.2. The van der Waals surface area contributed by atoms with Gasteiger partial charge in [-0.1, -0.05) is 6.07 Å². The van der Waals surface area contributed by atoms with Gasteiger partial charge in [0.05, 0.1) is 0 Å². The number of amides is 1. The topological polar surface area (TPSA) is 40.5 Å². The van der Waals surface area contributed by atoms with Gasteiger partial charge in [0.15, 0.2) is 0 Å². The zero-order valence-corrected chi connectivity index (χ0v) is 9.73. The number of benzene rings is 1. The SMILES string of the molecule is CN(C)C(=O)c1ccc(CC2CC2)c(O)c1. The van der Waals surface area contributed by atoms with Gasteiger partial charge in [0, 0.05) is 19.7 Å². The minimum Gasteiger partial charge on any atom is -0.508 e. The summed E-state index contributed by atoms with van der Waals surface area (Å²) in [6.07, 6.45) is 3.46. The first-order chi connectivity index (χ1) is 7.58. The highest BCUT2D eigenvalue weighted by atomic mass is 16.3. The lowest BCUT2D eigenvalue weighted by molar-refractivity contribution is 0.0827. The number of hydrogen-bond acceptors (Lipinski definition) is 2. The van der Waals surface area contributed by atoms with E-state index in [1.165, 1.54) is 17.7 Å². The fourth-order valence-electron chi connectivity index (χ4n) is 1.76. The summed E-state index contributed by atoms with van der Waals surface area (Å²) >= 11 is 0. The minimum atomic E-state index is -0.0757. The van der Waals surface area contributed by atoms with Crippen LogP contribution in [0.5, 0.6) is 5.75 Å². The number of hydrogen-bond donors (Lipinski definition) is 1. The summed E-state index contributed by atoms with van der Waals surface area (Å²) in [6.45, 7) is 0. The molecule has 0 atom stereocenters. The molecule has 16 heavy (non-hydrogen) atoms. The van der Waals surface area contributed by atoms with Crippen LogP contribution in [0.1, 0.15) is 28.8 Å². The van der Waals surface area contributed by atoms with E-state index in [2.05, 4.69) is 0 Å². The summed E-state index contributed by atoms with van der Waals surface area (Å²) in [7, 11) is 3.41. The Bertz CT molecular complexity index is 408. The van der Waals surface area contributed by atoms with Crippen LogP contribution >= 0.6 is 0 Å². The van der Waals surface area contributed by atoms with Gasteiger partial charge in [-0.05, 0) is 42.9 Å². The fourth-order valence-corrected chi connectivity index (χ4v) is 1.76. The van der Waals surface area contributed by atoms with Gasteiger partial charge in [-0.25, -0.2) is 0 Å². The van der Waals surface area contributed by atoms with Crippen LogP contribution in [-0.2, 0) is 6.42 Å². The quantitative estimate of drug-likeness (QED) is 0.845. The van der Waals surface area contributed by atoms with Gasteiger partial charge >= 0.3 is 0 Å². The molecule has 1 aromatic rings. The first kappa shape index (κ1) is 11.0. The van der Waals surface area contributed by atoms with E-state index in [4.69, 9.17) is 0 Å². The molecule has 1 amide bonds. The average Bonchev–Trinajstić information content (AvgIpc) is 3.03. The molecule has 1 N–H and O–H groups in total. The monoisotopic (exact) mass is 219 g/mol. The highest BCUT2D eigenvalue weighted by Crippen LogP contribution is 2.35. The van der Waals surface area contributed by atoms with Crippen LogP contribution in [0.4, 0.5) is 0 Å². The first-order valence-electron chi connectivity index (χ1n) is 5.61. The summed E-state index contributed by atoms with van der Waals surface area (Å²) < 4.78 is 0. The molecule has 1 aliphatic rings. The van der Waals surface area contributed by atoms with Crippen LogP contribution in [0.2, 0.25) is 0 Å². The van der Waals surface area contributed by atoms with E-state index in [0.29, 0.717) is 5.56 Å². The molecule has 0 spiro atoms. The molecule has 0 bridgehead atoms. The third-order valence-electron chi connectivity index (χ3n) is 2.94. The van der Waals surface area contributed by atoms with Gasteiger partial charge in [-0.3, -0.25) is 4.79 Å². The largest absolute Gasteiger partial charge is 0.508 e. The molecule has 1 fully saturated rings. The molecule has 0 unspecified atom stereocenters. The van der Waals surface area contributed by atoms with Crippen molar-refractivity contribution >= 4 is 5.91 Å². The van der Waals surface area contributed by atoms with Gasteiger partial charge < -0.3 is 10.0 Å². The van der Waals surface area contributed by atoms with E-state index in [1.807, 2.05) is 6.07 Å². The molecule has 1 saturated carbocycles. The predicted molar refractivity (Wildman–Crippen MR) is 62.6 cm³/mol. The maximum absolute atomic E-state index is 11.7. The lowest BCUT2D eigenvalue weighted by Crippen LogP contribution is -2.21. The molecular weight excluding hydrogens is 202 g/mol. The Hall–Kier alpha value is -1.51. The smallest absolute Gasteiger partial charge is 0.253 e. The van der Waals surface area contributed by atoms with Crippen molar-refractivity contribution in [3.8, 4) is 5.75 Å². The first-order valence-corrected chi connectivity index (χ1v) is 5.61. The van der Waals surface area contributed by atoms with Crippen molar-refractivity contribution in [1.82, 2.24) is 4.90 Å². The van der Waals surface area contributed by atoms with Crippen LogP contribution in [-0.4, -0.2) is 30.0 Å². The third-order valence-corrected chi connectivity index (χ3v) is 2.94. The second-order valence-electron chi connectivity index (χ2n) is 4.69. The average molecular weight is 219 g/mol. The van der Waals surface area contributed by atoms with Crippen molar-refractivity contribution in [3.63, 3.8) is 0 Å². The molecule has 3 heteroatoms. The molecule has 0 aromatic heterocycles. The van der Waals surface area contributed by atoms with E-state index < -0.39 is 0 Å². The Morgan fingerprint density at radius 1 is 1.44 bits per heavy atom. The summed E-state index contributed by atoms with van der Waals surface area (Å²) in [5.41, 5.74) is 1.50. The van der Waals surface area contributed by atoms with Crippen molar-refractivity contribution in [2.45, 2.75) is 19.3 Å². The number of carbonyl (C=O) groups excluding carboxylic acids is 1. The molecule has 0 saturated heterocycles. The van der Waals surface area contributed by atoms with Gasteiger partial charge in [0.2, 0.25) is 0 Å². The van der Waals surface area contributed by atoms with Crippen LogP contribution in [0.3, 0.4) is 0 Å². The Kier molecular flexibility index (Phi) is 2.86. The second-order valence-corrected chi connectivity index (χ2v) is 4.69. The lowest BCUT2D eigenvalue weighted by Gasteiger charge is -2.11. The second kappa shape index (κ2) is 4.16. The van der Waals surface area contributed by atoms with Gasteiger partial charge in [-0.2, -0.15) is 0 Å². The molecule has 1 aromatic carbocycles. The Balaban J connectivity index is 2.17.